The predicted molar refractivity (Wildman–Crippen MR) is 78.3 cm³/mol. The van der Waals surface area contributed by atoms with E-state index >= 15 is 0 Å². The minimum atomic E-state index is 0.140. The van der Waals surface area contributed by atoms with Gasteiger partial charge in [-0.1, -0.05) is 13.8 Å². The molecule has 1 aliphatic rings. The van der Waals surface area contributed by atoms with Crippen LogP contribution in [0, 0.1) is 5.41 Å². The lowest BCUT2D eigenvalue weighted by molar-refractivity contribution is 0.273. The molecule has 5 nitrogen and oxygen atoms in total. The molecule has 2 aromatic rings. The van der Waals surface area contributed by atoms with Gasteiger partial charge in [-0.25, -0.2) is 0 Å². The van der Waals surface area contributed by atoms with Gasteiger partial charge in [-0.3, -0.25) is 0 Å². The Morgan fingerprint density at radius 3 is 2.85 bits per heavy atom. The van der Waals surface area contributed by atoms with E-state index in [0.29, 0.717) is 0 Å². The Labute approximate surface area is 119 Å². The van der Waals surface area contributed by atoms with E-state index in [9.17, 15) is 0 Å². The summed E-state index contributed by atoms with van der Waals surface area (Å²) in [6.45, 7) is 6.75. The summed E-state index contributed by atoms with van der Waals surface area (Å²) in [5, 5.41) is 8.22. The summed E-state index contributed by atoms with van der Waals surface area (Å²) in [4.78, 5) is 0. The Morgan fingerprint density at radius 2 is 2.20 bits per heavy atom. The van der Waals surface area contributed by atoms with Gasteiger partial charge in [0.2, 0.25) is 0 Å². The molecular formula is C15H23N5. The molecular weight excluding hydrogens is 250 g/mol. The van der Waals surface area contributed by atoms with Crippen LogP contribution in [0.4, 0.5) is 0 Å². The average Bonchev–Trinajstić information content (AvgIpc) is 2.93. The van der Waals surface area contributed by atoms with Crippen molar-refractivity contribution >= 4 is 0 Å². The SMILES string of the molecule is CC(c1nncn1C)n1ccc2c1CC(C)(C)CC2N. The summed E-state index contributed by atoms with van der Waals surface area (Å²) in [5.74, 6) is 0.973. The van der Waals surface area contributed by atoms with Crippen LogP contribution in [0.1, 0.15) is 56.4 Å². The molecule has 0 spiro atoms. The smallest absolute Gasteiger partial charge is 0.155 e. The zero-order valence-corrected chi connectivity index (χ0v) is 12.7. The zero-order valence-electron chi connectivity index (χ0n) is 12.7. The van der Waals surface area contributed by atoms with E-state index in [1.807, 2.05) is 11.6 Å². The third-order valence-electron chi connectivity index (χ3n) is 4.41. The molecule has 2 atom stereocenters. The van der Waals surface area contributed by atoms with E-state index in [1.54, 1.807) is 6.33 Å². The molecule has 2 aromatic heterocycles. The Morgan fingerprint density at radius 1 is 1.45 bits per heavy atom. The average molecular weight is 273 g/mol. The second-order valence-corrected chi connectivity index (χ2v) is 6.75. The van der Waals surface area contributed by atoms with E-state index in [-0.39, 0.29) is 17.5 Å². The van der Waals surface area contributed by atoms with E-state index in [4.69, 9.17) is 5.73 Å². The van der Waals surface area contributed by atoms with Gasteiger partial charge in [-0.05, 0) is 36.8 Å². The summed E-state index contributed by atoms with van der Waals surface area (Å²) in [6, 6.07) is 2.48. The van der Waals surface area contributed by atoms with Crippen LogP contribution >= 0.6 is 0 Å². The van der Waals surface area contributed by atoms with Crippen LogP contribution in [0.3, 0.4) is 0 Å². The van der Waals surface area contributed by atoms with Crippen molar-refractivity contribution in [2.24, 2.45) is 18.2 Å². The maximum absolute atomic E-state index is 6.34. The maximum atomic E-state index is 6.34. The van der Waals surface area contributed by atoms with Crippen molar-refractivity contribution < 1.29 is 0 Å². The lowest BCUT2D eigenvalue weighted by atomic mass is 9.74. The van der Waals surface area contributed by atoms with E-state index < -0.39 is 0 Å². The van der Waals surface area contributed by atoms with Gasteiger partial charge in [-0.15, -0.1) is 10.2 Å². The van der Waals surface area contributed by atoms with Gasteiger partial charge in [0.05, 0.1) is 6.04 Å². The van der Waals surface area contributed by atoms with Gasteiger partial charge in [-0.2, -0.15) is 0 Å². The summed E-state index contributed by atoms with van der Waals surface area (Å²) in [5.41, 5.74) is 9.23. The van der Waals surface area contributed by atoms with E-state index in [2.05, 4.69) is 47.8 Å². The fraction of sp³-hybridized carbons (Fsp3) is 0.600. The quantitative estimate of drug-likeness (QED) is 0.912. The molecule has 3 rings (SSSR count). The molecule has 2 N–H and O–H groups in total. The highest BCUT2D eigenvalue weighted by Crippen LogP contribution is 2.41. The van der Waals surface area contributed by atoms with Gasteiger partial charge in [0.15, 0.2) is 5.82 Å². The Hall–Kier alpha value is -1.62. The normalized spacial score (nSPS) is 22.6. The van der Waals surface area contributed by atoms with E-state index in [0.717, 1.165) is 18.7 Å². The molecule has 2 unspecified atom stereocenters. The summed E-state index contributed by atoms with van der Waals surface area (Å²) in [6.07, 6.45) is 6.00. The monoisotopic (exact) mass is 273 g/mol. The Bertz CT molecular complexity index is 622. The molecule has 108 valence electrons. The maximum Gasteiger partial charge on any atom is 0.155 e. The van der Waals surface area contributed by atoms with Crippen molar-refractivity contribution in [3.63, 3.8) is 0 Å². The van der Waals surface area contributed by atoms with Crippen LogP contribution < -0.4 is 5.73 Å². The third-order valence-corrected chi connectivity index (χ3v) is 4.41. The number of nitrogens with zero attached hydrogens (tertiary/aromatic N) is 4. The first-order chi connectivity index (χ1) is 9.39. The number of fused-ring (bicyclic) bond motifs is 1. The summed E-state index contributed by atoms with van der Waals surface area (Å²) < 4.78 is 4.28. The van der Waals surface area contributed by atoms with Crippen molar-refractivity contribution in [1.29, 1.82) is 0 Å². The van der Waals surface area contributed by atoms with Crippen LogP contribution in [0.15, 0.2) is 18.6 Å². The second-order valence-electron chi connectivity index (χ2n) is 6.75. The standard InChI is InChI=1S/C15H23N5/c1-10(14-18-17-9-19(14)4)20-6-5-11-12(16)7-15(2,3)8-13(11)20/h5-6,9-10,12H,7-8,16H2,1-4H3. The van der Waals surface area contributed by atoms with Crippen molar-refractivity contribution in [3.8, 4) is 0 Å². The minimum absolute atomic E-state index is 0.140. The molecule has 0 aliphatic heterocycles. The topological polar surface area (TPSA) is 61.7 Å². The van der Waals surface area contributed by atoms with Crippen molar-refractivity contribution in [3.05, 3.63) is 35.7 Å². The van der Waals surface area contributed by atoms with Crippen molar-refractivity contribution in [2.75, 3.05) is 0 Å². The van der Waals surface area contributed by atoms with Crippen LogP contribution in [-0.4, -0.2) is 19.3 Å². The van der Waals surface area contributed by atoms with Crippen LogP contribution in [0.2, 0.25) is 0 Å². The Kier molecular flexibility index (Phi) is 2.97. The summed E-state index contributed by atoms with van der Waals surface area (Å²) in [7, 11) is 1.98. The van der Waals surface area contributed by atoms with Crippen molar-refractivity contribution in [2.45, 2.75) is 45.7 Å². The first-order valence-corrected chi connectivity index (χ1v) is 7.18. The highest BCUT2D eigenvalue weighted by Gasteiger charge is 2.33. The molecule has 0 saturated heterocycles. The molecule has 0 bridgehead atoms. The van der Waals surface area contributed by atoms with Crippen LogP contribution in [0.25, 0.3) is 0 Å². The lowest BCUT2D eigenvalue weighted by Crippen LogP contribution is -2.31. The number of rotatable bonds is 2. The molecule has 0 fully saturated rings. The first-order valence-electron chi connectivity index (χ1n) is 7.18. The fourth-order valence-electron chi connectivity index (χ4n) is 3.42. The van der Waals surface area contributed by atoms with Gasteiger partial charge < -0.3 is 14.9 Å². The lowest BCUT2D eigenvalue weighted by Gasteiger charge is -2.35. The number of hydrogen-bond acceptors (Lipinski definition) is 3. The largest absolute Gasteiger partial charge is 0.341 e. The highest BCUT2D eigenvalue weighted by atomic mass is 15.3. The highest BCUT2D eigenvalue weighted by molar-refractivity contribution is 5.31. The van der Waals surface area contributed by atoms with E-state index in [1.165, 1.54) is 11.3 Å². The molecule has 5 heteroatoms. The van der Waals surface area contributed by atoms with Crippen LogP contribution in [0.5, 0.6) is 0 Å². The van der Waals surface area contributed by atoms with Gasteiger partial charge in [0.1, 0.15) is 6.33 Å². The molecule has 0 aromatic carbocycles. The van der Waals surface area contributed by atoms with Crippen LogP contribution in [-0.2, 0) is 13.5 Å². The molecule has 0 saturated carbocycles. The molecule has 0 amide bonds. The molecule has 2 heterocycles. The first kappa shape index (κ1) is 13.4. The number of hydrogen-bond donors (Lipinski definition) is 1. The minimum Gasteiger partial charge on any atom is -0.341 e. The molecule has 0 radical (unpaired) electrons. The summed E-state index contributed by atoms with van der Waals surface area (Å²) >= 11 is 0. The van der Waals surface area contributed by atoms with Gasteiger partial charge in [0, 0.05) is 25.0 Å². The Balaban J connectivity index is 2.03. The third kappa shape index (κ3) is 2.06. The van der Waals surface area contributed by atoms with Gasteiger partial charge >= 0.3 is 0 Å². The van der Waals surface area contributed by atoms with Gasteiger partial charge in [0.25, 0.3) is 0 Å². The predicted octanol–water partition coefficient (Wildman–Crippen LogP) is 2.20. The zero-order chi connectivity index (χ0) is 14.5. The number of nitrogens with two attached hydrogens (primary N) is 1. The number of aryl methyl sites for hydroxylation is 1. The molecule has 20 heavy (non-hydrogen) atoms. The number of aromatic nitrogens is 4. The fourth-order valence-corrected chi connectivity index (χ4v) is 3.42. The van der Waals surface area contributed by atoms with Crippen molar-refractivity contribution in [1.82, 2.24) is 19.3 Å². The molecule has 1 aliphatic carbocycles. The second kappa shape index (κ2) is 4.45.